The van der Waals surface area contributed by atoms with Crippen molar-refractivity contribution in [3.8, 4) is 5.75 Å². The van der Waals surface area contributed by atoms with Gasteiger partial charge in [0.1, 0.15) is 5.75 Å². The normalized spacial score (nSPS) is 19.9. The fraction of sp³-hybridized carbons (Fsp3) is 0.235. The van der Waals surface area contributed by atoms with Crippen molar-refractivity contribution in [3.63, 3.8) is 0 Å². The van der Waals surface area contributed by atoms with Crippen LogP contribution in [0.5, 0.6) is 5.75 Å². The SMILES string of the molecule is COc1ccc(C2CC2C(=O)Nc2ccc(I)cc2)cc1. The Balaban J connectivity index is 1.61. The van der Waals surface area contributed by atoms with Crippen LogP contribution in [0.25, 0.3) is 0 Å². The Kier molecular flexibility index (Phi) is 4.14. The Labute approximate surface area is 137 Å². The first-order chi connectivity index (χ1) is 10.2. The van der Waals surface area contributed by atoms with Crippen LogP contribution < -0.4 is 10.1 Å². The van der Waals surface area contributed by atoms with Crippen molar-refractivity contribution < 1.29 is 9.53 Å². The first kappa shape index (κ1) is 14.4. The zero-order valence-electron chi connectivity index (χ0n) is 11.7. The van der Waals surface area contributed by atoms with E-state index in [0.717, 1.165) is 21.4 Å². The number of carbonyl (C=O) groups is 1. The van der Waals surface area contributed by atoms with E-state index in [1.165, 1.54) is 5.56 Å². The fourth-order valence-electron chi connectivity index (χ4n) is 2.47. The predicted molar refractivity (Wildman–Crippen MR) is 91.6 cm³/mol. The quantitative estimate of drug-likeness (QED) is 0.797. The maximum Gasteiger partial charge on any atom is 0.228 e. The Morgan fingerprint density at radius 1 is 1.14 bits per heavy atom. The molecule has 2 aromatic carbocycles. The number of benzene rings is 2. The van der Waals surface area contributed by atoms with E-state index in [0.29, 0.717) is 5.92 Å². The number of anilines is 1. The summed E-state index contributed by atoms with van der Waals surface area (Å²) in [6, 6.07) is 15.8. The number of ether oxygens (including phenoxy) is 1. The van der Waals surface area contributed by atoms with Gasteiger partial charge in [-0.25, -0.2) is 0 Å². The highest BCUT2D eigenvalue weighted by Gasteiger charge is 2.43. The van der Waals surface area contributed by atoms with Crippen molar-refractivity contribution >= 4 is 34.2 Å². The van der Waals surface area contributed by atoms with E-state index in [-0.39, 0.29) is 11.8 Å². The minimum absolute atomic E-state index is 0.0812. The van der Waals surface area contributed by atoms with Crippen LogP contribution in [0.4, 0.5) is 5.69 Å². The lowest BCUT2D eigenvalue weighted by atomic mass is 10.1. The zero-order chi connectivity index (χ0) is 14.8. The van der Waals surface area contributed by atoms with Gasteiger partial charge in [0.15, 0.2) is 0 Å². The van der Waals surface area contributed by atoms with Crippen LogP contribution in [0.15, 0.2) is 48.5 Å². The molecule has 0 spiro atoms. The molecule has 3 rings (SSSR count). The second kappa shape index (κ2) is 6.05. The molecule has 0 saturated heterocycles. The second-order valence-corrected chi connectivity index (χ2v) is 6.46. The fourth-order valence-corrected chi connectivity index (χ4v) is 2.83. The predicted octanol–water partition coefficient (Wildman–Crippen LogP) is 4.04. The number of methoxy groups -OCH3 is 1. The Morgan fingerprint density at radius 2 is 1.81 bits per heavy atom. The highest BCUT2D eigenvalue weighted by molar-refractivity contribution is 14.1. The van der Waals surface area contributed by atoms with Gasteiger partial charge in [-0.3, -0.25) is 4.79 Å². The van der Waals surface area contributed by atoms with Crippen LogP contribution in [-0.4, -0.2) is 13.0 Å². The average Bonchev–Trinajstić information content (AvgIpc) is 3.30. The number of halogens is 1. The van der Waals surface area contributed by atoms with E-state index < -0.39 is 0 Å². The molecule has 1 saturated carbocycles. The summed E-state index contributed by atoms with van der Waals surface area (Å²) in [6.07, 6.45) is 0.919. The van der Waals surface area contributed by atoms with Crippen LogP contribution in [0.3, 0.4) is 0 Å². The maximum atomic E-state index is 12.2. The summed E-state index contributed by atoms with van der Waals surface area (Å²) < 4.78 is 6.31. The number of nitrogens with one attached hydrogen (secondary N) is 1. The lowest BCUT2D eigenvalue weighted by Crippen LogP contribution is -2.14. The molecule has 3 nitrogen and oxygen atoms in total. The molecule has 0 radical (unpaired) electrons. The van der Waals surface area contributed by atoms with Crippen molar-refractivity contribution in [2.45, 2.75) is 12.3 Å². The summed E-state index contributed by atoms with van der Waals surface area (Å²) in [6.45, 7) is 0. The summed E-state index contributed by atoms with van der Waals surface area (Å²) in [4.78, 5) is 12.2. The number of rotatable bonds is 4. The molecule has 108 valence electrons. The molecule has 2 unspecified atom stereocenters. The van der Waals surface area contributed by atoms with Gasteiger partial charge in [-0.15, -0.1) is 0 Å². The smallest absolute Gasteiger partial charge is 0.228 e. The van der Waals surface area contributed by atoms with E-state index in [1.54, 1.807) is 7.11 Å². The van der Waals surface area contributed by atoms with E-state index in [9.17, 15) is 4.79 Å². The van der Waals surface area contributed by atoms with Crippen molar-refractivity contribution in [1.82, 2.24) is 0 Å². The Morgan fingerprint density at radius 3 is 2.43 bits per heavy atom. The third kappa shape index (κ3) is 3.37. The first-order valence-corrected chi connectivity index (χ1v) is 7.95. The van der Waals surface area contributed by atoms with Crippen molar-refractivity contribution in [2.75, 3.05) is 12.4 Å². The second-order valence-electron chi connectivity index (χ2n) is 5.22. The number of amides is 1. The monoisotopic (exact) mass is 393 g/mol. The van der Waals surface area contributed by atoms with Gasteiger partial charge in [0, 0.05) is 15.2 Å². The minimum atomic E-state index is 0.0812. The van der Waals surface area contributed by atoms with Gasteiger partial charge in [0.05, 0.1) is 7.11 Å². The lowest BCUT2D eigenvalue weighted by Gasteiger charge is -2.06. The van der Waals surface area contributed by atoms with Gasteiger partial charge in [0.25, 0.3) is 0 Å². The summed E-state index contributed by atoms with van der Waals surface area (Å²) >= 11 is 2.25. The number of carbonyl (C=O) groups excluding carboxylic acids is 1. The molecular weight excluding hydrogens is 377 g/mol. The van der Waals surface area contributed by atoms with Crippen molar-refractivity contribution in [3.05, 3.63) is 57.7 Å². The average molecular weight is 393 g/mol. The maximum absolute atomic E-state index is 12.2. The van der Waals surface area contributed by atoms with Crippen LogP contribution in [-0.2, 0) is 4.79 Å². The molecule has 0 heterocycles. The highest BCUT2D eigenvalue weighted by Crippen LogP contribution is 2.48. The molecule has 1 fully saturated rings. The highest BCUT2D eigenvalue weighted by atomic mass is 127. The van der Waals surface area contributed by atoms with E-state index in [1.807, 2.05) is 48.5 Å². The van der Waals surface area contributed by atoms with Gasteiger partial charge in [0.2, 0.25) is 5.91 Å². The molecule has 21 heavy (non-hydrogen) atoms. The molecule has 1 amide bonds. The summed E-state index contributed by atoms with van der Waals surface area (Å²) in [5, 5.41) is 2.99. The van der Waals surface area contributed by atoms with Gasteiger partial charge in [-0.1, -0.05) is 12.1 Å². The largest absolute Gasteiger partial charge is 0.497 e. The van der Waals surface area contributed by atoms with Crippen LogP contribution in [0, 0.1) is 9.49 Å². The molecule has 2 aromatic rings. The molecule has 1 aliphatic rings. The number of hydrogen-bond donors (Lipinski definition) is 1. The zero-order valence-corrected chi connectivity index (χ0v) is 13.8. The third-order valence-electron chi connectivity index (χ3n) is 3.78. The van der Waals surface area contributed by atoms with E-state index in [4.69, 9.17) is 4.74 Å². The molecular formula is C17H16INO2. The lowest BCUT2D eigenvalue weighted by molar-refractivity contribution is -0.117. The summed E-state index contributed by atoms with van der Waals surface area (Å²) in [5.41, 5.74) is 2.07. The van der Waals surface area contributed by atoms with Crippen molar-refractivity contribution in [2.24, 2.45) is 5.92 Å². The topological polar surface area (TPSA) is 38.3 Å². The van der Waals surface area contributed by atoms with Crippen LogP contribution in [0.2, 0.25) is 0 Å². The standard InChI is InChI=1S/C17H16INO2/c1-21-14-8-2-11(3-9-14)15-10-16(15)17(20)19-13-6-4-12(18)5-7-13/h2-9,15-16H,10H2,1H3,(H,19,20). The number of hydrogen-bond acceptors (Lipinski definition) is 2. The van der Waals surface area contributed by atoms with Crippen LogP contribution >= 0.6 is 22.6 Å². The Bertz CT molecular complexity index is 637. The van der Waals surface area contributed by atoms with Crippen LogP contribution in [0.1, 0.15) is 17.9 Å². The first-order valence-electron chi connectivity index (χ1n) is 6.88. The summed E-state index contributed by atoms with van der Waals surface area (Å²) in [7, 11) is 1.66. The van der Waals surface area contributed by atoms with E-state index in [2.05, 4.69) is 27.9 Å². The molecule has 1 N–H and O–H groups in total. The summed E-state index contributed by atoms with van der Waals surface area (Å²) in [5.74, 6) is 1.37. The molecule has 0 bridgehead atoms. The minimum Gasteiger partial charge on any atom is -0.497 e. The molecule has 0 aromatic heterocycles. The third-order valence-corrected chi connectivity index (χ3v) is 4.50. The molecule has 0 aliphatic heterocycles. The van der Waals surface area contributed by atoms with Gasteiger partial charge in [-0.2, -0.15) is 0 Å². The van der Waals surface area contributed by atoms with E-state index >= 15 is 0 Å². The van der Waals surface area contributed by atoms with Gasteiger partial charge < -0.3 is 10.1 Å². The Hall–Kier alpha value is -1.56. The van der Waals surface area contributed by atoms with Crippen molar-refractivity contribution in [1.29, 1.82) is 0 Å². The van der Waals surface area contributed by atoms with Gasteiger partial charge >= 0.3 is 0 Å². The molecule has 2 atom stereocenters. The van der Waals surface area contributed by atoms with Gasteiger partial charge in [-0.05, 0) is 76.9 Å². The molecule has 1 aliphatic carbocycles. The molecule has 4 heteroatoms.